The molecule has 0 aliphatic rings. The molecule has 2 aromatic rings. The molecule has 0 spiro atoms. The maximum atomic E-state index is 6.33. The first-order valence-corrected chi connectivity index (χ1v) is 7.65. The number of hydrogen-bond acceptors (Lipinski definition) is 2. The fourth-order valence-electron chi connectivity index (χ4n) is 2.09. The Morgan fingerprint density at radius 1 is 1.00 bits per heavy atom. The average molecular weight is 259 g/mol. The lowest BCUT2D eigenvalue weighted by atomic mass is 10.0. The molecule has 96 valence electrons. The summed E-state index contributed by atoms with van der Waals surface area (Å²) in [6, 6.07) is 15.0. The number of rotatable bonds is 5. The molecule has 1 unspecified atom stereocenters. The van der Waals surface area contributed by atoms with Crippen LogP contribution in [-0.2, 0) is 0 Å². The van der Waals surface area contributed by atoms with Crippen LogP contribution < -0.4 is 5.73 Å². The van der Waals surface area contributed by atoms with Crippen molar-refractivity contribution in [2.24, 2.45) is 11.7 Å². The molecular weight excluding hydrogens is 238 g/mol. The van der Waals surface area contributed by atoms with Crippen LogP contribution in [0, 0.1) is 5.92 Å². The number of hydrogen-bond donors (Lipinski definition) is 1. The highest BCUT2D eigenvalue weighted by atomic mass is 32.2. The van der Waals surface area contributed by atoms with E-state index in [2.05, 4.69) is 56.3 Å². The van der Waals surface area contributed by atoms with Crippen LogP contribution in [-0.4, -0.2) is 11.5 Å². The van der Waals surface area contributed by atoms with Crippen molar-refractivity contribution < 1.29 is 0 Å². The lowest BCUT2D eigenvalue weighted by molar-refractivity contribution is 0.746. The third kappa shape index (κ3) is 3.27. The van der Waals surface area contributed by atoms with Crippen LogP contribution >= 0.6 is 11.8 Å². The normalized spacial score (nSPS) is 13.1. The monoisotopic (exact) mass is 259 g/mol. The summed E-state index contributed by atoms with van der Waals surface area (Å²) < 4.78 is 0. The molecule has 1 nitrogen and oxygen atoms in total. The Balaban J connectivity index is 2.15. The fraction of sp³-hybridized carbons (Fsp3) is 0.375. The third-order valence-electron chi connectivity index (χ3n) is 2.97. The van der Waals surface area contributed by atoms with Crippen molar-refractivity contribution in [2.45, 2.75) is 19.9 Å². The lowest BCUT2D eigenvalue weighted by Crippen LogP contribution is -2.14. The van der Waals surface area contributed by atoms with E-state index in [0.717, 1.165) is 11.7 Å². The summed E-state index contributed by atoms with van der Waals surface area (Å²) >= 11 is 1.95. The molecule has 18 heavy (non-hydrogen) atoms. The molecule has 0 aliphatic heterocycles. The zero-order valence-electron chi connectivity index (χ0n) is 11.1. The van der Waals surface area contributed by atoms with Crippen LogP contribution in [0.1, 0.15) is 25.5 Å². The Hall–Kier alpha value is -0.990. The molecule has 0 fully saturated rings. The molecule has 0 aliphatic carbocycles. The summed E-state index contributed by atoms with van der Waals surface area (Å²) in [5.41, 5.74) is 7.59. The van der Waals surface area contributed by atoms with E-state index < -0.39 is 0 Å². The van der Waals surface area contributed by atoms with Gasteiger partial charge in [-0.05, 0) is 28.0 Å². The second kappa shape index (κ2) is 6.26. The first-order valence-electron chi connectivity index (χ1n) is 6.49. The van der Waals surface area contributed by atoms with E-state index in [-0.39, 0.29) is 6.04 Å². The summed E-state index contributed by atoms with van der Waals surface area (Å²) in [7, 11) is 0. The van der Waals surface area contributed by atoms with Gasteiger partial charge in [0.05, 0.1) is 0 Å². The molecule has 1 atom stereocenters. The Labute approximate surface area is 114 Å². The van der Waals surface area contributed by atoms with Gasteiger partial charge in [0.15, 0.2) is 0 Å². The van der Waals surface area contributed by atoms with Crippen LogP contribution in [0.4, 0.5) is 0 Å². The zero-order valence-corrected chi connectivity index (χ0v) is 11.9. The third-order valence-corrected chi connectivity index (χ3v) is 4.47. The van der Waals surface area contributed by atoms with Gasteiger partial charge in [0.25, 0.3) is 0 Å². The largest absolute Gasteiger partial charge is 0.323 e. The van der Waals surface area contributed by atoms with Crippen LogP contribution in [0.5, 0.6) is 0 Å². The van der Waals surface area contributed by atoms with E-state index >= 15 is 0 Å². The molecule has 0 saturated heterocycles. The van der Waals surface area contributed by atoms with Gasteiger partial charge in [0, 0.05) is 11.8 Å². The number of fused-ring (bicyclic) bond motifs is 1. The maximum Gasteiger partial charge on any atom is 0.0392 e. The highest BCUT2D eigenvalue weighted by Crippen LogP contribution is 2.25. The van der Waals surface area contributed by atoms with Crippen LogP contribution in [0.2, 0.25) is 0 Å². The quantitative estimate of drug-likeness (QED) is 0.869. The second-order valence-electron chi connectivity index (χ2n) is 5.11. The van der Waals surface area contributed by atoms with E-state index in [1.165, 1.54) is 22.1 Å². The fourth-order valence-corrected chi connectivity index (χ4v) is 3.14. The standard InChI is InChI=1S/C16H21NS/c1-12(2)10-18-11-16(17)15-9-5-7-13-6-3-4-8-14(13)15/h3-9,12,16H,10-11,17H2,1-2H3. The smallest absolute Gasteiger partial charge is 0.0392 e. The van der Waals surface area contributed by atoms with E-state index in [1.807, 2.05) is 11.8 Å². The van der Waals surface area contributed by atoms with Crippen molar-refractivity contribution in [3.63, 3.8) is 0 Å². The van der Waals surface area contributed by atoms with Gasteiger partial charge in [-0.15, -0.1) is 0 Å². The van der Waals surface area contributed by atoms with E-state index in [1.54, 1.807) is 0 Å². The predicted molar refractivity (Wildman–Crippen MR) is 83.0 cm³/mol. The van der Waals surface area contributed by atoms with Gasteiger partial charge in [0.2, 0.25) is 0 Å². The Morgan fingerprint density at radius 3 is 2.50 bits per heavy atom. The summed E-state index contributed by atoms with van der Waals surface area (Å²) in [5, 5.41) is 2.57. The topological polar surface area (TPSA) is 26.0 Å². The van der Waals surface area contributed by atoms with Crippen molar-refractivity contribution in [3.8, 4) is 0 Å². The molecule has 0 amide bonds. The van der Waals surface area contributed by atoms with Crippen molar-refractivity contribution in [2.75, 3.05) is 11.5 Å². The van der Waals surface area contributed by atoms with E-state index in [4.69, 9.17) is 5.73 Å². The Bertz CT molecular complexity index is 502. The molecule has 2 aromatic carbocycles. The van der Waals surface area contributed by atoms with E-state index in [0.29, 0.717) is 0 Å². The Morgan fingerprint density at radius 2 is 1.72 bits per heavy atom. The molecule has 0 radical (unpaired) electrons. The molecule has 0 saturated carbocycles. The highest BCUT2D eigenvalue weighted by molar-refractivity contribution is 7.99. The molecule has 0 heterocycles. The minimum atomic E-state index is 0.125. The summed E-state index contributed by atoms with van der Waals surface area (Å²) in [5.74, 6) is 2.90. The van der Waals surface area contributed by atoms with Crippen LogP contribution in [0.15, 0.2) is 42.5 Å². The number of benzene rings is 2. The Kier molecular flexibility index (Phi) is 4.67. The summed E-state index contributed by atoms with van der Waals surface area (Å²) in [6.07, 6.45) is 0. The first-order chi connectivity index (χ1) is 8.68. The molecule has 2 heteroatoms. The summed E-state index contributed by atoms with van der Waals surface area (Å²) in [6.45, 7) is 4.49. The van der Waals surface area contributed by atoms with Gasteiger partial charge in [-0.2, -0.15) is 11.8 Å². The minimum absolute atomic E-state index is 0.125. The second-order valence-corrected chi connectivity index (χ2v) is 6.18. The molecule has 2 N–H and O–H groups in total. The molecule has 0 aromatic heterocycles. The first kappa shape index (κ1) is 13.4. The molecule has 0 bridgehead atoms. The number of thioether (sulfide) groups is 1. The van der Waals surface area contributed by atoms with Gasteiger partial charge < -0.3 is 5.73 Å². The van der Waals surface area contributed by atoms with Crippen LogP contribution in [0.3, 0.4) is 0 Å². The SMILES string of the molecule is CC(C)CSCC(N)c1cccc2ccccc12. The van der Waals surface area contributed by atoms with Crippen LogP contribution in [0.25, 0.3) is 10.8 Å². The van der Waals surface area contributed by atoms with Gasteiger partial charge >= 0.3 is 0 Å². The number of nitrogens with two attached hydrogens (primary N) is 1. The zero-order chi connectivity index (χ0) is 13.0. The average Bonchev–Trinajstić information content (AvgIpc) is 2.37. The van der Waals surface area contributed by atoms with Gasteiger partial charge in [-0.1, -0.05) is 56.3 Å². The van der Waals surface area contributed by atoms with Gasteiger partial charge in [-0.3, -0.25) is 0 Å². The molecule has 2 rings (SSSR count). The van der Waals surface area contributed by atoms with E-state index in [9.17, 15) is 0 Å². The van der Waals surface area contributed by atoms with Crippen molar-refractivity contribution in [3.05, 3.63) is 48.0 Å². The minimum Gasteiger partial charge on any atom is -0.323 e. The van der Waals surface area contributed by atoms with Crippen molar-refractivity contribution in [1.29, 1.82) is 0 Å². The maximum absolute atomic E-state index is 6.33. The predicted octanol–water partition coefficient (Wildman–Crippen LogP) is 4.23. The van der Waals surface area contributed by atoms with Gasteiger partial charge in [0.1, 0.15) is 0 Å². The van der Waals surface area contributed by atoms with Gasteiger partial charge in [-0.25, -0.2) is 0 Å². The lowest BCUT2D eigenvalue weighted by Gasteiger charge is -2.15. The highest BCUT2D eigenvalue weighted by Gasteiger charge is 2.09. The molecular formula is C16H21NS. The summed E-state index contributed by atoms with van der Waals surface area (Å²) in [4.78, 5) is 0. The van der Waals surface area contributed by atoms with Crippen molar-refractivity contribution >= 4 is 22.5 Å². The van der Waals surface area contributed by atoms with Crippen molar-refractivity contribution in [1.82, 2.24) is 0 Å².